The highest BCUT2D eigenvalue weighted by molar-refractivity contribution is 6.34. The van der Waals surface area contributed by atoms with E-state index in [-0.39, 0.29) is 16.5 Å². The lowest BCUT2D eigenvalue weighted by atomic mass is 10.1. The number of carbonyl (C=O) groups excluding carboxylic acids is 2. The quantitative estimate of drug-likeness (QED) is 0.879. The Balaban J connectivity index is 2.14. The Hall–Kier alpha value is -2.40. The smallest absolute Gasteiger partial charge is 0.260 e. The van der Waals surface area contributed by atoms with Gasteiger partial charge in [0, 0.05) is 24.3 Å². The number of benzene rings is 2. The van der Waals surface area contributed by atoms with Crippen LogP contribution in [0, 0.1) is 5.82 Å². The Bertz CT molecular complexity index is 723. The van der Waals surface area contributed by atoms with Gasteiger partial charge in [-0.05, 0) is 50.2 Å². The monoisotopic (exact) mass is 348 g/mol. The number of carbonyl (C=O) groups is 2. The van der Waals surface area contributed by atoms with Crippen LogP contribution in [0.2, 0.25) is 5.02 Å². The van der Waals surface area contributed by atoms with Crippen molar-refractivity contribution in [2.24, 2.45) is 0 Å². The Morgan fingerprint density at radius 1 is 1.08 bits per heavy atom. The number of rotatable bonds is 5. The maximum Gasteiger partial charge on any atom is 0.260 e. The molecule has 6 heteroatoms. The van der Waals surface area contributed by atoms with E-state index in [9.17, 15) is 14.0 Å². The second kappa shape index (κ2) is 7.93. The van der Waals surface area contributed by atoms with Crippen molar-refractivity contribution >= 4 is 29.1 Å². The molecule has 0 unspecified atom stereocenters. The molecule has 24 heavy (non-hydrogen) atoms. The summed E-state index contributed by atoms with van der Waals surface area (Å²) < 4.78 is 13.7. The summed E-state index contributed by atoms with van der Waals surface area (Å²) >= 11 is 5.87. The van der Waals surface area contributed by atoms with Crippen molar-refractivity contribution in [2.75, 3.05) is 18.4 Å². The van der Waals surface area contributed by atoms with Gasteiger partial charge in [-0.3, -0.25) is 9.59 Å². The molecule has 2 aromatic rings. The van der Waals surface area contributed by atoms with Crippen LogP contribution in [0.25, 0.3) is 0 Å². The third-order valence-electron chi connectivity index (χ3n) is 3.63. The molecule has 2 aromatic carbocycles. The van der Waals surface area contributed by atoms with Crippen molar-refractivity contribution in [1.82, 2.24) is 4.90 Å². The van der Waals surface area contributed by atoms with Gasteiger partial charge >= 0.3 is 0 Å². The fourth-order valence-electron chi connectivity index (χ4n) is 2.30. The zero-order chi connectivity index (χ0) is 17.7. The summed E-state index contributed by atoms with van der Waals surface area (Å²) in [5.41, 5.74) is 0.776. The molecule has 0 atom stereocenters. The van der Waals surface area contributed by atoms with Gasteiger partial charge in [0.1, 0.15) is 5.82 Å². The summed E-state index contributed by atoms with van der Waals surface area (Å²) in [5.74, 6) is -1.40. The lowest BCUT2D eigenvalue weighted by Gasteiger charge is -2.18. The van der Waals surface area contributed by atoms with Gasteiger partial charge in [-0.2, -0.15) is 0 Å². The summed E-state index contributed by atoms with van der Waals surface area (Å²) in [4.78, 5) is 26.1. The van der Waals surface area contributed by atoms with Crippen LogP contribution >= 0.6 is 11.6 Å². The van der Waals surface area contributed by atoms with Crippen LogP contribution in [0.5, 0.6) is 0 Å². The summed E-state index contributed by atoms with van der Waals surface area (Å²) in [6, 6.07) is 10.5. The minimum Gasteiger partial charge on any atom is -0.339 e. The van der Waals surface area contributed by atoms with Gasteiger partial charge in [0.2, 0.25) is 0 Å². The number of amides is 2. The molecule has 0 saturated carbocycles. The van der Waals surface area contributed by atoms with Crippen LogP contribution in [0.3, 0.4) is 0 Å². The van der Waals surface area contributed by atoms with E-state index in [1.807, 2.05) is 13.8 Å². The van der Waals surface area contributed by atoms with Crippen LogP contribution in [0.4, 0.5) is 10.1 Å². The van der Waals surface area contributed by atoms with Gasteiger partial charge in [-0.1, -0.05) is 17.7 Å². The summed E-state index contributed by atoms with van der Waals surface area (Å²) in [6.45, 7) is 5.07. The Kier molecular flexibility index (Phi) is 5.93. The number of nitrogens with one attached hydrogen (secondary N) is 1. The third kappa shape index (κ3) is 3.92. The Morgan fingerprint density at radius 2 is 1.71 bits per heavy atom. The number of anilines is 1. The number of hydrogen-bond acceptors (Lipinski definition) is 2. The largest absolute Gasteiger partial charge is 0.339 e. The predicted octanol–water partition coefficient (Wildman–Crippen LogP) is 4.21. The zero-order valence-corrected chi connectivity index (χ0v) is 14.2. The zero-order valence-electron chi connectivity index (χ0n) is 13.5. The Labute approximate surface area is 145 Å². The fourth-order valence-corrected chi connectivity index (χ4v) is 2.55. The second-order valence-electron chi connectivity index (χ2n) is 5.11. The predicted molar refractivity (Wildman–Crippen MR) is 93.1 cm³/mol. The normalized spacial score (nSPS) is 10.3. The SMILES string of the molecule is CCN(CC)C(=O)c1ccc(NC(=O)c2c(F)cccc2Cl)cc1. The highest BCUT2D eigenvalue weighted by Crippen LogP contribution is 2.21. The molecular weight excluding hydrogens is 331 g/mol. The van der Waals surface area contributed by atoms with Crippen molar-refractivity contribution in [3.63, 3.8) is 0 Å². The molecule has 2 amide bonds. The van der Waals surface area contributed by atoms with Crippen LogP contribution in [-0.4, -0.2) is 29.8 Å². The second-order valence-corrected chi connectivity index (χ2v) is 5.51. The molecule has 0 bridgehead atoms. The molecule has 2 rings (SSSR count). The van der Waals surface area contributed by atoms with Crippen molar-refractivity contribution < 1.29 is 14.0 Å². The number of hydrogen-bond donors (Lipinski definition) is 1. The van der Waals surface area contributed by atoms with Crippen LogP contribution in [0.15, 0.2) is 42.5 Å². The topological polar surface area (TPSA) is 49.4 Å². The molecule has 0 aliphatic heterocycles. The molecule has 126 valence electrons. The molecular formula is C18H18ClFN2O2. The molecule has 0 saturated heterocycles. The van der Waals surface area contributed by atoms with Crippen molar-refractivity contribution in [1.29, 1.82) is 0 Å². The van der Waals surface area contributed by atoms with E-state index in [0.717, 1.165) is 0 Å². The molecule has 0 fully saturated rings. The van der Waals surface area contributed by atoms with Crippen LogP contribution in [0.1, 0.15) is 34.6 Å². The number of nitrogens with zero attached hydrogens (tertiary/aromatic N) is 1. The minimum absolute atomic E-state index is 0.0424. The molecule has 4 nitrogen and oxygen atoms in total. The van der Waals surface area contributed by atoms with E-state index in [1.165, 1.54) is 18.2 Å². The first-order valence-electron chi connectivity index (χ1n) is 7.62. The summed E-state index contributed by atoms with van der Waals surface area (Å²) in [6.07, 6.45) is 0. The van der Waals surface area contributed by atoms with E-state index in [1.54, 1.807) is 29.2 Å². The van der Waals surface area contributed by atoms with Gasteiger partial charge in [-0.15, -0.1) is 0 Å². The third-order valence-corrected chi connectivity index (χ3v) is 3.95. The van der Waals surface area contributed by atoms with Gasteiger partial charge in [0.25, 0.3) is 11.8 Å². The van der Waals surface area contributed by atoms with Gasteiger partial charge in [0.05, 0.1) is 10.6 Å². The molecule has 0 spiro atoms. The first-order chi connectivity index (χ1) is 11.5. The molecule has 0 aromatic heterocycles. The van der Waals surface area contributed by atoms with E-state index in [2.05, 4.69) is 5.32 Å². The fraction of sp³-hybridized carbons (Fsp3) is 0.222. The molecule has 0 aliphatic carbocycles. The van der Waals surface area contributed by atoms with Crippen LogP contribution < -0.4 is 5.32 Å². The highest BCUT2D eigenvalue weighted by Gasteiger charge is 2.16. The van der Waals surface area contributed by atoms with E-state index in [0.29, 0.717) is 24.3 Å². The van der Waals surface area contributed by atoms with E-state index < -0.39 is 11.7 Å². The first-order valence-corrected chi connectivity index (χ1v) is 8.00. The van der Waals surface area contributed by atoms with Crippen LogP contribution in [-0.2, 0) is 0 Å². The summed E-state index contributed by atoms with van der Waals surface area (Å²) in [7, 11) is 0. The molecule has 1 N–H and O–H groups in total. The maximum atomic E-state index is 13.7. The van der Waals surface area contributed by atoms with Gasteiger partial charge < -0.3 is 10.2 Å². The number of halogens is 2. The Morgan fingerprint density at radius 3 is 2.25 bits per heavy atom. The average Bonchev–Trinajstić information content (AvgIpc) is 2.56. The first kappa shape index (κ1) is 17.9. The van der Waals surface area contributed by atoms with Crippen molar-refractivity contribution in [3.8, 4) is 0 Å². The molecule has 0 aliphatic rings. The van der Waals surface area contributed by atoms with Crippen molar-refractivity contribution in [2.45, 2.75) is 13.8 Å². The lowest BCUT2D eigenvalue weighted by molar-refractivity contribution is 0.0773. The van der Waals surface area contributed by atoms with Gasteiger partial charge in [0.15, 0.2) is 0 Å². The van der Waals surface area contributed by atoms with E-state index in [4.69, 9.17) is 11.6 Å². The van der Waals surface area contributed by atoms with Gasteiger partial charge in [-0.25, -0.2) is 4.39 Å². The minimum atomic E-state index is -0.687. The average molecular weight is 349 g/mol. The standard InChI is InChI=1S/C18H18ClFN2O2/c1-3-22(4-2)18(24)12-8-10-13(11-9-12)21-17(23)16-14(19)6-5-7-15(16)20/h5-11H,3-4H2,1-2H3,(H,21,23). The highest BCUT2D eigenvalue weighted by atomic mass is 35.5. The molecule has 0 radical (unpaired) electrons. The van der Waals surface area contributed by atoms with Crippen molar-refractivity contribution in [3.05, 3.63) is 64.4 Å². The molecule has 0 heterocycles. The summed E-state index contributed by atoms with van der Waals surface area (Å²) in [5, 5.41) is 2.62. The lowest BCUT2D eigenvalue weighted by Crippen LogP contribution is -2.30. The van der Waals surface area contributed by atoms with E-state index >= 15 is 0 Å². The maximum absolute atomic E-state index is 13.7.